The highest BCUT2D eigenvalue weighted by molar-refractivity contribution is 7.91. The first-order chi connectivity index (χ1) is 15.6. The molecule has 3 aromatic rings. The minimum absolute atomic E-state index is 0.0371. The molecule has 1 saturated heterocycles. The maximum atomic E-state index is 12.6. The monoisotopic (exact) mass is 509 g/mol. The molecule has 0 saturated carbocycles. The van der Waals surface area contributed by atoms with Gasteiger partial charge in [0, 0.05) is 25.0 Å². The summed E-state index contributed by atoms with van der Waals surface area (Å²) >= 11 is 12.1. The van der Waals surface area contributed by atoms with Gasteiger partial charge in [-0.1, -0.05) is 35.3 Å². The third kappa shape index (κ3) is 5.33. The lowest BCUT2D eigenvalue weighted by Gasteiger charge is -2.25. The zero-order chi connectivity index (χ0) is 23.8. The summed E-state index contributed by atoms with van der Waals surface area (Å²) in [6, 6.07) is 11.9. The van der Waals surface area contributed by atoms with E-state index in [-0.39, 0.29) is 36.2 Å². The summed E-state index contributed by atoms with van der Waals surface area (Å²) < 4.78 is 24.8. The number of carboxylic acid groups (broad SMARTS) is 1. The number of aromatic nitrogens is 1. The van der Waals surface area contributed by atoms with E-state index in [1.807, 2.05) is 0 Å². The second-order valence-corrected chi connectivity index (χ2v) is 11.0. The second-order valence-electron chi connectivity index (χ2n) is 7.88. The van der Waals surface area contributed by atoms with Crippen LogP contribution < -0.4 is 5.32 Å². The summed E-state index contributed by atoms with van der Waals surface area (Å²) in [6.45, 7) is 0.926. The van der Waals surface area contributed by atoms with Gasteiger partial charge in [0.1, 0.15) is 5.69 Å². The van der Waals surface area contributed by atoms with E-state index < -0.39 is 15.8 Å². The Morgan fingerprint density at radius 1 is 1.03 bits per heavy atom. The van der Waals surface area contributed by atoms with Crippen LogP contribution in [0.1, 0.15) is 16.1 Å². The van der Waals surface area contributed by atoms with Crippen LogP contribution in [0.15, 0.2) is 42.5 Å². The zero-order valence-corrected chi connectivity index (χ0v) is 19.8. The zero-order valence-electron chi connectivity index (χ0n) is 17.4. The van der Waals surface area contributed by atoms with Gasteiger partial charge >= 0.3 is 5.97 Å². The van der Waals surface area contributed by atoms with Gasteiger partial charge in [-0.15, -0.1) is 0 Å². The minimum atomic E-state index is -3.03. The molecule has 1 fully saturated rings. The average molecular weight is 510 g/mol. The third-order valence-electron chi connectivity index (χ3n) is 5.57. The lowest BCUT2D eigenvalue weighted by Crippen LogP contribution is -2.43. The molecule has 0 unspecified atom stereocenters. The summed E-state index contributed by atoms with van der Waals surface area (Å²) in [4.78, 5) is 26.3. The van der Waals surface area contributed by atoms with Crippen LogP contribution in [-0.2, 0) is 21.2 Å². The quantitative estimate of drug-likeness (QED) is 0.527. The van der Waals surface area contributed by atoms with Gasteiger partial charge in [0.25, 0.3) is 0 Å². The maximum Gasteiger partial charge on any atom is 0.352 e. The van der Waals surface area contributed by atoms with E-state index in [2.05, 4.69) is 5.32 Å². The van der Waals surface area contributed by atoms with Gasteiger partial charge in [-0.3, -0.25) is 9.69 Å². The maximum absolute atomic E-state index is 12.6. The molecule has 2 aromatic carbocycles. The molecule has 0 spiro atoms. The lowest BCUT2D eigenvalue weighted by atomic mass is 10.2. The number of carbonyl (C=O) groups is 2. The lowest BCUT2D eigenvalue weighted by molar-refractivity contribution is -0.117. The molecule has 8 nitrogen and oxygen atoms in total. The van der Waals surface area contributed by atoms with Gasteiger partial charge in [0.05, 0.1) is 39.3 Å². The second kappa shape index (κ2) is 9.34. The number of nitrogens with one attached hydrogen (secondary N) is 1. The van der Waals surface area contributed by atoms with E-state index in [9.17, 15) is 23.1 Å². The van der Waals surface area contributed by atoms with Gasteiger partial charge in [-0.05, 0) is 35.9 Å². The van der Waals surface area contributed by atoms with Crippen molar-refractivity contribution in [1.82, 2.24) is 9.47 Å². The van der Waals surface area contributed by atoms with E-state index in [0.717, 1.165) is 5.56 Å². The Labute approximate surface area is 200 Å². The molecule has 2 heterocycles. The van der Waals surface area contributed by atoms with Crippen LogP contribution in [0.5, 0.6) is 0 Å². The van der Waals surface area contributed by atoms with Crippen molar-refractivity contribution in [3.05, 3.63) is 63.8 Å². The summed E-state index contributed by atoms with van der Waals surface area (Å²) in [5.74, 6) is -1.32. The number of aromatic carboxylic acids is 1. The SMILES string of the molecule is O=C(CN1CCS(=O)(=O)CC1)Nc1cccc2c1cc(C(=O)O)n2Cc1ccc(Cl)c(Cl)c1. The minimum Gasteiger partial charge on any atom is -0.477 e. The first kappa shape index (κ1) is 23.6. The summed E-state index contributed by atoms with van der Waals surface area (Å²) in [7, 11) is -3.03. The Balaban J connectivity index is 1.60. The van der Waals surface area contributed by atoms with Gasteiger partial charge in [-0.2, -0.15) is 0 Å². The molecule has 0 aliphatic carbocycles. The molecular weight excluding hydrogens is 489 g/mol. The standard InChI is InChI=1S/C22H21Cl2N3O5S/c23-16-5-4-14(10-17(16)24)12-27-19-3-1-2-18(15(19)11-20(27)22(29)30)25-21(28)13-26-6-8-33(31,32)9-7-26/h1-5,10-11H,6-9,12-13H2,(H,25,28)(H,29,30). The molecule has 174 valence electrons. The first-order valence-corrected chi connectivity index (χ1v) is 12.7. The van der Waals surface area contributed by atoms with Crippen LogP contribution in [0, 0.1) is 0 Å². The van der Waals surface area contributed by atoms with Crippen molar-refractivity contribution in [1.29, 1.82) is 0 Å². The predicted octanol–water partition coefficient (Wildman–Crippen LogP) is 3.36. The van der Waals surface area contributed by atoms with E-state index in [0.29, 0.717) is 39.7 Å². The van der Waals surface area contributed by atoms with Gasteiger partial charge in [-0.25, -0.2) is 13.2 Å². The Hall–Kier alpha value is -2.59. The number of anilines is 1. The van der Waals surface area contributed by atoms with Crippen molar-refractivity contribution in [3.8, 4) is 0 Å². The topological polar surface area (TPSA) is 109 Å². The van der Waals surface area contributed by atoms with Crippen molar-refractivity contribution >= 4 is 61.5 Å². The van der Waals surface area contributed by atoms with E-state index in [4.69, 9.17) is 23.2 Å². The fourth-order valence-electron chi connectivity index (χ4n) is 3.86. The fraction of sp³-hybridized carbons (Fsp3) is 0.273. The number of fused-ring (bicyclic) bond motifs is 1. The highest BCUT2D eigenvalue weighted by atomic mass is 35.5. The Morgan fingerprint density at radius 2 is 1.76 bits per heavy atom. The van der Waals surface area contributed by atoms with E-state index >= 15 is 0 Å². The van der Waals surface area contributed by atoms with Crippen molar-refractivity contribution in [2.75, 3.05) is 36.5 Å². The highest BCUT2D eigenvalue weighted by Gasteiger charge is 2.23. The van der Waals surface area contributed by atoms with Gasteiger partial charge in [0.2, 0.25) is 5.91 Å². The van der Waals surface area contributed by atoms with Crippen molar-refractivity contribution in [2.24, 2.45) is 0 Å². The number of hydrogen-bond donors (Lipinski definition) is 2. The molecule has 4 rings (SSSR count). The van der Waals surface area contributed by atoms with Crippen LogP contribution in [0.3, 0.4) is 0 Å². The number of sulfone groups is 1. The molecule has 0 bridgehead atoms. The molecule has 0 atom stereocenters. The summed E-state index contributed by atoms with van der Waals surface area (Å²) in [5, 5.41) is 14.0. The summed E-state index contributed by atoms with van der Waals surface area (Å²) in [5.41, 5.74) is 1.97. The van der Waals surface area contributed by atoms with Crippen LogP contribution in [0.2, 0.25) is 10.0 Å². The molecule has 33 heavy (non-hydrogen) atoms. The smallest absolute Gasteiger partial charge is 0.352 e. The fourth-order valence-corrected chi connectivity index (χ4v) is 5.46. The van der Waals surface area contributed by atoms with Crippen molar-refractivity contribution < 1.29 is 23.1 Å². The molecule has 1 aliphatic heterocycles. The molecule has 0 radical (unpaired) electrons. The Morgan fingerprint density at radius 3 is 2.42 bits per heavy atom. The molecule has 1 aliphatic rings. The first-order valence-electron chi connectivity index (χ1n) is 10.1. The van der Waals surface area contributed by atoms with Crippen LogP contribution in [-0.4, -0.2) is 66.0 Å². The normalized spacial score (nSPS) is 16.1. The van der Waals surface area contributed by atoms with E-state index in [1.165, 1.54) is 6.07 Å². The number of carboxylic acids is 1. The van der Waals surface area contributed by atoms with Crippen molar-refractivity contribution in [3.63, 3.8) is 0 Å². The van der Waals surface area contributed by atoms with E-state index in [1.54, 1.807) is 45.9 Å². The summed E-state index contributed by atoms with van der Waals surface area (Å²) in [6.07, 6.45) is 0. The van der Waals surface area contributed by atoms with Crippen LogP contribution >= 0.6 is 23.2 Å². The number of rotatable bonds is 6. The van der Waals surface area contributed by atoms with Gasteiger partial charge in [0.15, 0.2) is 9.84 Å². The molecule has 2 N–H and O–H groups in total. The third-order valence-corrected chi connectivity index (χ3v) is 7.92. The molecular formula is C22H21Cl2N3O5S. The number of benzene rings is 2. The number of carbonyl (C=O) groups excluding carboxylic acids is 1. The largest absolute Gasteiger partial charge is 0.477 e. The number of halogens is 2. The number of nitrogens with zero attached hydrogens (tertiary/aromatic N) is 2. The van der Waals surface area contributed by atoms with Crippen LogP contribution in [0.25, 0.3) is 10.9 Å². The van der Waals surface area contributed by atoms with Crippen LogP contribution in [0.4, 0.5) is 5.69 Å². The van der Waals surface area contributed by atoms with Gasteiger partial charge < -0.3 is 15.0 Å². The average Bonchev–Trinajstić information content (AvgIpc) is 3.12. The predicted molar refractivity (Wildman–Crippen MR) is 128 cm³/mol. The Kier molecular flexibility index (Phi) is 6.67. The Bertz CT molecular complexity index is 1340. The van der Waals surface area contributed by atoms with Crippen molar-refractivity contribution in [2.45, 2.75) is 6.54 Å². The number of amides is 1. The molecule has 1 aromatic heterocycles. The molecule has 11 heteroatoms. The highest BCUT2D eigenvalue weighted by Crippen LogP contribution is 2.29. The molecule has 1 amide bonds. The number of hydrogen-bond acceptors (Lipinski definition) is 5.